The number of nitrogens with one attached hydrogen (secondary N) is 1. The molecule has 1 aliphatic rings. The molecule has 0 saturated carbocycles. The second-order valence-corrected chi connectivity index (χ2v) is 6.21. The Hall–Kier alpha value is -1.94. The highest BCUT2D eigenvalue weighted by molar-refractivity contribution is 8.14. The van der Waals surface area contributed by atoms with Crippen LogP contribution in [0.1, 0.15) is 24.5 Å². The van der Waals surface area contributed by atoms with Gasteiger partial charge in [0.1, 0.15) is 6.04 Å². The van der Waals surface area contributed by atoms with Crippen LogP contribution in [0.3, 0.4) is 0 Å². The van der Waals surface area contributed by atoms with Crippen LogP contribution in [-0.4, -0.2) is 41.4 Å². The van der Waals surface area contributed by atoms with Crippen LogP contribution in [0.15, 0.2) is 17.1 Å². The molecule has 0 unspecified atom stereocenters. The SMILES string of the molecule is CCCc1cc(C2=N[C@H](C(=O)NO)CS2)cc(OC(F)(F)F)c1OC. The van der Waals surface area contributed by atoms with Crippen molar-refractivity contribution in [2.75, 3.05) is 12.9 Å². The number of aryl methyl sites for hydroxylation is 1. The summed E-state index contributed by atoms with van der Waals surface area (Å²) in [4.78, 5) is 15.6. The third-order valence-corrected chi connectivity index (χ3v) is 4.49. The smallest absolute Gasteiger partial charge is 0.493 e. The Morgan fingerprint density at radius 2 is 2.20 bits per heavy atom. The molecule has 2 N–H and O–H groups in total. The Labute approximate surface area is 146 Å². The maximum absolute atomic E-state index is 12.7. The van der Waals surface area contributed by atoms with Crippen LogP contribution in [0.25, 0.3) is 0 Å². The summed E-state index contributed by atoms with van der Waals surface area (Å²) >= 11 is 1.21. The largest absolute Gasteiger partial charge is 0.573 e. The average Bonchev–Trinajstić information content (AvgIpc) is 3.02. The normalized spacial score (nSPS) is 17.2. The zero-order valence-electron chi connectivity index (χ0n) is 13.5. The van der Waals surface area contributed by atoms with E-state index in [0.29, 0.717) is 29.0 Å². The summed E-state index contributed by atoms with van der Waals surface area (Å²) in [6.45, 7) is 1.89. The summed E-state index contributed by atoms with van der Waals surface area (Å²) in [5, 5.41) is 9.07. The molecule has 1 amide bonds. The Morgan fingerprint density at radius 1 is 1.48 bits per heavy atom. The highest BCUT2D eigenvalue weighted by Gasteiger charge is 2.34. The van der Waals surface area contributed by atoms with Crippen LogP contribution >= 0.6 is 11.8 Å². The minimum atomic E-state index is -4.86. The van der Waals surface area contributed by atoms with Gasteiger partial charge in [-0.1, -0.05) is 13.3 Å². The fourth-order valence-corrected chi connectivity index (χ4v) is 3.44. The van der Waals surface area contributed by atoms with E-state index in [2.05, 4.69) is 9.73 Å². The first kappa shape index (κ1) is 19.4. The van der Waals surface area contributed by atoms with E-state index in [4.69, 9.17) is 9.94 Å². The minimum absolute atomic E-state index is 0.0242. The maximum Gasteiger partial charge on any atom is 0.573 e. The molecule has 0 radical (unpaired) electrons. The number of aliphatic imine (C=N–C) groups is 1. The maximum atomic E-state index is 12.7. The topological polar surface area (TPSA) is 80.2 Å². The molecule has 6 nitrogen and oxygen atoms in total. The zero-order valence-corrected chi connectivity index (χ0v) is 14.3. The monoisotopic (exact) mass is 378 g/mol. The number of rotatable bonds is 6. The number of halogens is 3. The number of carbonyl (C=O) groups is 1. The van der Waals surface area contributed by atoms with Gasteiger partial charge >= 0.3 is 6.36 Å². The number of benzene rings is 1. The molecule has 10 heteroatoms. The van der Waals surface area contributed by atoms with Crippen molar-refractivity contribution in [2.24, 2.45) is 4.99 Å². The van der Waals surface area contributed by atoms with Crippen molar-refractivity contribution in [3.05, 3.63) is 23.3 Å². The molecule has 0 aromatic heterocycles. The number of thioether (sulfide) groups is 1. The molecular weight excluding hydrogens is 361 g/mol. The standard InChI is InChI=1S/C15H17F3N2O4S/c1-3-4-8-5-9(14-19-10(7-25-14)13(21)20-22)6-11(12(8)23-2)24-15(16,17)18/h5-6,10,22H,3-4,7H2,1-2H3,(H,20,21)/t10-/m0/s1. The van der Waals surface area contributed by atoms with Crippen LogP contribution < -0.4 is 15.0 Å². The van der Waals surface area contributed by atoms with Crippen LogP contribution in [0.2, 0.25) is 0 Å². The summed E-state index contributed by atoms with van der Waals surface area (Å²) in [5.41, 5.74) is 2.48. The van der Waals surface area contributed by atoms with Crippen molar-refractivity contribution in [1.29, 1.82) is 0 Å². The quantitative estimate of drug-likeness (QED) is 0.588. The first-order valence-corrected chi connectivity index (χ1v) is 8.39. The lowest BCUT2D eigenvalue weighted by Gasteiger charge is -2.17. The van der Waals surface area contributed by atoms with E-state index in [0.717, 1.165) is 0 Å². The van der Waals surface area contributed by atoms with Crippen LogP contribution in [0.4, 0.5) is 13.2 Å². The van der Waals surface area contributed by atoms with E-state index in [1.54, 1.807) is 6.07 Å². The number of alkyl halides is 3. The summed E-state index contributed by atoms with van der Waals surface area (Å²) in [6, 6.07) is 2.07. The molecule has 1 aromatic carbocycles. The molecule has 1 atom stereocenters. The Kier molecular flexibility index (Phi) is 6.17. The van der Waals surface area contributed by atoms with E-state index >= 15 is 0 Å². The number of carbonyl (C=O) groups excluding carboxylic acids is 1. The third-order valence-electron chi connectivity index (χ3n) is 3.39. The van der Waals surface area contributed by atoms with Crippen molar-refractivity contribution in [1.82, 2.24) is 5.48 Å². The molecule has 25 heavy (non-hydrogen) atoms. The fraction of sp³-hybridized carbons (Fsp3) is 0.467. The summed E-state index contributed by atoms with van der Waals surface area (Å²) < 4.78 is 47.3. The summed E-state index contributed by atoms with van der Waals surface area (Å²) in [7, 11) is 1.28. The van der Waals surface area contributed by atoms with Gasteiger partial charge in [0.05, 0.1) is 12.2 Å². The Balaban J connectivity index is 2.46. The van der Waals surface area contributed by atoms with Gasteiger partial charge in [0.15, 0.2) is 11.5 Å². The third kappa shape index (κ3) is 4.79. The van der Waals surface area contributed by atoms with Gasteiger partial charge in [-0.3, -0.25) is 15.0 Å². The van der Waals surface area contributed by atoms with Crippen molar-refractivity contribution in [3.63, 3.8) is 0 Å². The highest BCUT2D eigenvalue weighted by Crippen LogP contribution is 2.38. The van der Waals surface area contributed by atoms with Crippen LogP contribution in [-0.2, 0) is 11.2 Å². The lowest BCUT2D eigenvalue weighted by molar-refractivity contribution is -0.275. The first-order chi connectivity index (χ1) is 11.8. The number of methoxy groups -OCH3 is 1. The van der Waals surface area contributed by atoms with E-state index in [-0.39, 0.29) is 11.5 Å². The van der Waals surface area contributed by atoms with Gasteiger partial charge in [-0.2, -0.15) is 0 Å². The van der Waals surface area contributed by atoms with Gasteiger partial charge in [0.2, 0.25) is 0 Å². The number of hydrogen-bond acceptors (Lipinski definition) is 6. The van der Waals surface area contributed by atoms with Crippen LogP contribution in [0, 0.1) is 0 Å². The molecule has 0 saturated heterocycles. The molecular formula is C15H17F3N2O4S. The lowest BCUT2D eigenvalue weighted by Crippen LogP contribution is -2.31. The van der Waals surface area contributed by atoms with Gasteiger partial charge in [-0.15, -0.1) is 24.9 Å². The zero-order chi connectivity index (χ0) is 18.6. The van der Waals surface area contributed by atoms with E-state index < -0.39 is 24.1 Å². The highest BCUT2D eigenvalue weighted by atomic mass is 32.2. The molecule has 1 heterocycles. The molecule has 1 aliphatic heterocycles. The van der Waals surface area contributed by atoms with Crippen molar-refractivity contribution < 1.29 is 32.6 Å². The second kappa shape index (κ2) is 7.96. The van der Waals surface area contributed by atoms with E-state index in [9.17, 15) is 18.0 Å². The Bertz CT molecular complexity index is 679. The molecule has 0 fully saturated rings. The van der Waals surface area contributed by atoms with E-state index in [1.165, 1.54) is 30.4 Å². The predicted molar refractivity (Wildman–Crippen MR) is 86.4 cm³/mol. The van der Waals surface area contributed by atoms with Gasteiger partial charge in [-0.05, 0) is 24.1 Å². The molecule has 0 aliphatic carbocycles. The number of amides is 1. The minimum Gasteiger partial charge on any atom is -0.493 e. The van der Waals surface area contributed by atoms with Crippen molar-refractivity contribution in [3.8, 4) is 11.5 Å². The van der Waals surface area contributed by atoms with Crippen molar-refractivity contribution >= 4 is 22.7 Å². The lowest BCUT2D eigenvalue weighted by atomic mass is 10.0. The van der Waals surface area contributed by atoms with Gasteiger partial charge in [0.25, 0.3) is 5.91 Å². The number of hydroxylamine groups is 1. The van der Waals surface area contributed by atoms with Crippen LogP contribution in [0.5, 0.6) is 11.5 Å². The predicted octanol–water partition coefficient (Wildman–Crippen LogP) is 2.91. The molecule has 0 bridgehead atoms. The molecule has 138 valence electrons. The molecule has 1 aromatic rings. The average molecular weight is 378 g/mol. The molecule has 2 rings (SSSR count). The summed E-state index contributed by atoms with van der Waals surface area (Å²) in [5.74, 6) is -0.811. The first-order valence-electron chi connectivity index (χ1n) is 7.40. The number of hydrogen-bond donors (Lipinski definition) is 2. The fourth-order valence-electron chi connectivity index (χ4n) is 2.41. The van der Waals surface area contributed by atoms with E-state index in [1.807, 2.05) is 6.92 Å². The number of ether oxygens (including phenoxy) is 2. The Morgan fingerprint density at radius 3 is 2.76 bits per heavy atom. The van der Waals surface area contributed by atoms with Gasteiger partial charge in [-0.25, -0.2) is 5.48 Å². The summed E-state index contributed by atoms with van der Waals surface area (Å²) in [6.07, 6.45) is -3.68. The van der Waals surface area contributed by atoms with Crippen molar-refractivity contribution in [2.45, 2.75) is 32.2 Å². The van der Waals surface area contributed by atoms with Gasteiger partial charge in [0, 0.05) is 11.3 Å². The van der Waals surface area contributed by atoms with Gasteiger partial charge < -0.3 is 9.47 Å². The molecule has 0 spiro atoms. The second-order valence-electron chi connectivity index (χ2n) is 5.20. The number of nitrogens with zero attached hydrogens (tertiary/aromatic N) is 1.